The molecule has 0 fully saturated rings. The van der Waals surface area contributed by atoms with Gasteiger partial charge in [-0.3, -0.25) is 9.79 Å². The molecule has 1 aliphatic rings. The molecule has 44 heavy (non-hydrogen) atoms. The first kappa shape index (κ1) is 29.7. The van der Waals surface area contributed by atoms with Crippen molar-refractivity contribution in [2.24, 2.45) is 4.99 Å². The number of hydrogen-bond acceptors (Lipinski definition) is 4. The van der Waals surface area contributed by atoms with Gasteiger partial charge in [-0.1, -0.05) is 116 Å². The lowest BCUT2D eigenvalue weighted by molar-refractivity contribution is 0.105. The maximum Gasteiger partial charge on any atom is 0.210 e. The van der Waals surface area contributed by atoms with E-state index < -0.39 is 6.10 Å². The Bertz CT molecular complexity index is 1730. The Morgan fingerprint density at radius 3 is 2.20 bits per heavy atom. The van der Waals surface area contributed by atoms with E-state index in [0.29, 0.717) is 17.8 Å². The Morgan fingerprint density at radius 2 is 1.43 bits per heavy atom. The summed E-state index contributed by atoms with van der Waals surface area (Å²) in [4.78, 5) is 21.6. The Labute approximate surface area is 265 Å². The van der Waals surface area contributed by atoms with E-state index in [9.17, 15) is 4.79 Å². The van der Waals surface area contributed by atoms with E-state index in [1.165, 1.54) is 27.1 Å². The summed E-state index contributed by atoms with van der Waals surface area (Å²) in [5, 5.41) is 0. The summed E-state index contributed by atoms with van der Waals surface area (Å²) in [6.45, 7) is 2.62. The monoisotopic (exact) mass is 595 g/mol. The lowest BCUT2D eigenvalue weighted by atomic mass is 9.98. The van der Waals surface area contributed by atoms with Crippen molar-refractivity contribution in [2.75, 3.05) is 0 Å². The number of benzene rings is 5. The normalized spacial score (nSPS) is 12.8. The first-order valence-electron chi connectivity index (χ1n) is 15.5. The average Bonchev–Trinajstić information content (AvgIpc) is 3.46. The van der Waals surface area contributed by atoms with E-state index in [4.69, 9.17) is 9.73 Å². The van der Waals surface area contributed by atoms with Crippen LogP contribution in [0.1, 0.15) is 59.7 Å². The highest BCUT2D eigenvalue weighted by Gasteiger charge is 2.28. The first-order valence-corrected chi connectivity index (χ1v) is 16.3. The molecule has 0 radical (unpaired) electrons. The van der Waals surface area contributed by atoms with Gasteiger partial charge in [-0.15, -0.1) is 0 Å². The number of ether oxygens (including phenoxy) is 1. The second kappa shape index (κ2) is 14.4. The van der Waals surface area contributed by atoms with E-state index in [2.05, 4.69) is 67.6 Å². The van der Waals surface area contributed by atoms with Crippen LogP contribution in [0.25, 0.3) is 11.1 Å². The van der Waals surface area contributed by atoms with Crippen LogP contribution in [-0.2, 0) is 13.0 Å². The third-order valence-electron chi connectivity index (χ3n) is 8.05. The molecule has 0 aliphatic heterocycles. The fourth-order valence-electron chi connectivity index (χ4n) is 5.75. The number of fused-ring (bicyclic) bond motifs is 3. The summed E-state index contributed by atoms with van der Waals surface area (Å²) in [6.07, 6.45) is 4.23. The van der Waals surface area contributed by atoms with Crippen molar-refractivity contribution < 1.29 is 9.53 Å². The highest BCUT2D eigenvalue weighted by atomic mass is 32.2. The zero-order valence-electron chi connectivity index (χ0n) is 25.1. The van der Waals surface area contributed by atoms with Gasteiger partial charge in [-0.05, 0) is 77.6 Å². The lowest BCUT2D eigenvalue weighted by Gasteiger charge is -2.23. The Hall–Kier alpha value is -4.41. The predicted octanol–water partition coefficient (Wildman–Crippen LogP) is 10.3. The minimum atomic E-state index is -0.452. The molecule has 5 aromatic rings. The number of ketones is 1. The van der Waals surface area contributed by atoms with Gasteiger partial charge in [-0.2, -0.15) is 0 Å². The van der Waals surface area contributed by atoms with Crippen molar-refractivity contribution in [3.63, 3.8) is 0 Å². The molecule has 220 valence electrons. The summed E-state index contributed by atoms with van der Waals surface area (Å²) in [6, 6.07) is 43.1. The second-order valence-corrected chi connectivity index (χ2v) is 12.3. The van der Waals surface area contributed by atoms with Crippen LogP contribution in [-0.4, -0.2) is 17.6 Å². The van der Waals surface area contributed by atoms with Crippen molar-refractivity contribution >= 4 is 23.3 Å². The molecule has 1 aliphatic carbocycles. The number of hydrogen-bond donors (Lipinski definition) is 0. The third kappa shape index (κ3) is 7.03. The summed E-state index contributed by atoms with van der Waals surface area (Å²) in [5.74, 6) is 0.768. The molecule has 0 saturated carbocycles. The molecule has 6 rings (SSSR count). The van der Waals surface area contributed by atoms with Gasteiger partial charge in [0, 0.05) is 27.3 Å². The van der Waals surface area contributed by atoms with E-state index in [1.807, 2.05) is 66.7 Å². The summed E-state index contributed by atoms with van der Waals surface area (Å²) < 4.78 is 6.88. The van der Waals surface area contributed by atoms with Gasteiger partial charge in [-0.25, -0.2) is 0 Å². The highest BCUT2D eigenvalue weighted by Crippen LogP contribution is 2.41. The number of carbonyl (C=O) groups is 1. The molecule has 1 atom stereocenters. The first-order chi connectivity index (χ1) is 21.7. The zero-order valence-corrected chi connectivity index (χ0v) is 25.9. The van der Waals surface area contributed by atoms with Gasteiger partial charge in [0.15, 0.2) is 0 Å². The molecular formula is C40H37NO2S. The maximum atomic E-state index is 14.3. The molecule has 0 amide bonds. The second-order valence-electron chi connectivity index (χ2n) is 11.2. The van der Waals surface area contributed by atoms with Gasteiger partial charge in [0.25, 0.3) is 0 Å². The van der Waals surface area contributed by atoms with Gasteiger partial charge < -0.3 is 4.74 Å². The van der Waals surface area contributed by atoms with E-state index in [0.717, 1.165) is 48.3 Å². The van der Waals surface area contributed by atoms with Crippen LogP contribution in [0.3, 0.4) is 0 Å². The molecule has 5 aromatic carbocycles. The number of aliphatic imine (C=N–C) groups is 1. The number of Topliss-reactive ketones (excluding diaryl/α,β-unsaturated/α-hetero) is 1. The van der Waals surface area contributed by atoms with E-state index in [-0.39, 0.29) is 5.78 Å². The smallest absolute Gasteiger partial charge is 0.210 e. The summed E-state index contributed by atoms with van der Waals surface area (Å²) in [5.41, 5.74) is 7.15. The minimum Gasteiger partial charge on any atom is -0.484 e. The number of carbonyl (C=O) groups excluding carboxylic acids is 1. The van der Waals surface area contributed by atoms with Crippen LogP contribution in [0.5, 0.6) is 5.75 Å². The van der Waals surface area contributed by atoms with Gasteiger partial charge in [0.2, 0.25) is 5.78 Å². The van der Waals surface area contributed by atoms with E-state index >= 15 is 0 Å². The van der Waals surface area contributed by atoms with Crippen LogP contribution in [0.2, 0.25) is 0 Å². The summed E-state index contributed by atoms with van der Waals surface area (Å²) in [7, 11) is 0. The van der Waals surface area contributed by atoms with Crippen molar-refractivity contribution in [1.82, 2.24) is 0 Å². The molecule has 4 heteroatoms. The molecule has 0 spiro atoms. The Morgan fingerprint density at radius 1 is 0.750 bits per heavy atom. The molecule has 0 aromatic heterocycles. The molecule has 0 bridgehead atoms. The molecule has 3 nitrogen and oxygen atoms in total. The standard InChI is InChI=1S/C40H37NO2S/c1-2-3-6-21-38(43-37-22-13-20-35-34-19-12-11-16-31(34)27-36(35)37)39(41-28-29-14-7-4-8-15-29)40(42)30-23-25-33(26-24-30)44-32-17-9-5-10-18-32/h4-5,7-20,22-26,38H,2-3,6,21,27-28H2,1H3. The molecule has 1 unspecified atom stereocenters. The topological polar surface area (TPSA) is 38.7 Å². The van der Waals surface area contributed by atoms with E-state index in [1.54, 1.807) is 11.8 Å². The molecule has 0 N–H and O–H groups in total. The quantitative estimate of drug-likeness (QED) is 0.0757. The Balaban J connectivity index is 1.32. The average molecular weight is 596 g/mol. The molecule has 0 heterocycles. The highest BCUT2D eigenvalue weighted by molar-refractivity contribution is 7.99. The van der Waals surface area contributed by atoms with Gasteiger partial charge >= 0.3 is 0 Å². The fourth-order valence-corrected chi connectivity index (χ4v) is 6.59. The van der Waals surface area contributed by atoms with Crippen LogP contribution >= 0.6 is 11.8 Å². The predicted molar refractivity (Wildman–Crippen MR) is 182 cm³/mol. The van der Waals surface area contributed by atoms with Crippen LogP contribution in [0, 0.1) is 0 Å². The van der Waals surface area contributed by atoms with Crippen LogP contribution in [0.4, 0.5) is 0 Å². The van der Waals surface area contributed by atoms with Crippen molar-refractivity contribution in [2.45, 2.75) is 61.5 Å². The maximum absolute atomic E-state index is 14.3. The summed E-state index contributed by atoms with van der Waals surface area (Å²) >= 11 is 1.69. The SMILES string of the molecule is CCCCCC(Oc1cccc2c1Cc1ccccc1-2)C(=NCc1ccccc1)C(=O)c1ccc(Sc2ccccc2)cc1. The third-order valence-corrected chi connectivity index (χ3v) is 9.07. The minimum absolute atomic E-state index is 0.0745. The largest absolute Gasteiger partial charge is 0.484 e. The molecular weight excluding hydrogens is 559 g/mol. The van der Waals surface area contributed by atoms with Crippen LogP contribution < -0.4 is 4.74 Å². The lowest BCUT2D eigenvalue weighted by Crippen LogP contribution is -2.34. The van der Waals surface area contributed by atoms with Crippen molar-refractivity contribution in [1.29, 1.82) is 0 Å². The fraction of sp³-hybridized carbons (Fsp3) is 0.200. The van der Waals surface area contributed by atoms with Crippen LogP contribution in [0.15, 0.2) is 142 Å². The van der Waals surface area contributed by atoms with Gasteiger partial charge in [0.05, 0.1) is 6.54 Å². The molecule has 0 saturated heterocycles. The zero-order chi connectivity index (χ0) is 30.1. The van der Waals surface area contributed by atoms with Crippen molar-refractivity contribution in [3.05, 3.63) is 150 Å². The number of rotatable bonds is 13. The number of nitrogens with zero attached hydrogens (tertiary/aromatic N) is 1. The van der Waals surface area contributed by atoms with Gasteiger partial charge in [0.1, 0.15) is 17.6 Å². The van der Waals surface area contributed by atoms with Crippen molar-refractivity contribution in [3.8, 4) is 16.9 Å². The number of unbranched alkanes of at least 4 members (excludes halogenated alkanes) is 2. The Kier molecular flexibility index (Phi) is 9.69.